The fraction of sp³-hybridized carbons (Fsp3) is 0.583. The summed E-state index contributed by atoms with van der Waals surface area (Å²) in [6.07, 6.45) is 1.42. The van der Waals surface area contributed by atoms with Crippen LogP contribution in [0, 0.1) is 0 Å². The average molecular weight is 240 g/mol. The quantitative estimate of drug-likeness (QED) is 0.772. The number of hydrogen-bond donors (Lipinski definition) is 2. The number of rotatable bonds is 5. The minimum atomic E-state index is -0.341. The minimum Gasteiger partial charge on any atom is -0.391 e. The predicted molar refractivity (Wildman–Crippen MR) is 68.7 cm³/mol. The highest BCUT2D eigenvalue weighted by atomic mass is 32.2. The van der Waals surface area contributed by atoms with E-state index in [0.29, 0.717) is 12.3 Å². The van der Waals surface area contributed by atoms with Crippen molar-refractivity contribution in [2.45, 2.75) is 37.4 Å². The molecule has 0 bridgehead atoms. The maximum Gasteiger partial charge on any atom is 0.0960 e. The third-order valence-electron chi connectivity index (χ3n) is 1.93. The van der Waals surface area contributed by atoms with E-state index in [4.69, 9.17) is 0 Å². The van der Waals surface area contributed by atoms with Gasteiger partial charge in [0.2, 0.25) is 0 Å². The molecule has 1 rings (SSSR count). The lowest BCUT2D eigenvalue weighted by Gasteiger charge is -2.22. The van der Waals surface area contributed by atoms with Crippen molar-refractivity contribution in [3.05, 3.63) is 24.4 Å². The molecule has 0 aromatic carbocycles. The highest BCUT2D eigenvalue weighted by Gasteiger charge is 2.12. The maximum absolute atomic E-state index is 9.76. The van der Waals surface area contributed by atoms with Crippen molar-refractivity contribution in [1.82, 2.24) is 10.3 Å². The summed E-state index contributed by atoms with van der Waals surface area (Å²) in [5.74, 6) is 0.667. The van der Waals surface area contributed by atoms with Gasteiger partial charge in [0.25, 0.3) is 0 Å². The van der Waals surface area contributed by atoms with Crippen molar-refractivity contribution in [1.29, 1.82) is 0 Å². The molecule has 0 saturated heterocycles. The fourth-order valence-electron chi connectivity index (χ4n) is 1.10. The molecule has 3 nitrogen and oxygen atoms in total. The fourth-order valence-corrected chi connectivity index (χ4v) is 1.89. The van der Waals surface area contributed by atoms with E-state index >= 15 is 0 Å². The van der Waals surface area contributed by atoms with Gasteiger partial charge in [0.1, 0.15) is 0 Å². The van der Waals surface area contributed by atoms with Gasteiger partial charge in [0.05, 0.1) is 11.1 Å². The van der Waals surface area contributed by atoms with Gasteiger partial charge in [-0.15, -0.1) is 11.8 Å². The second-order valence-corrected chi connectivity index (χ2v) is 5.80. The lowest BCUT2D eigenvalue weighted by molar-refractivity contribution is 0.183. The van der Waals surface area contributed by atoms with E-state index in [9.17, 15) is 5.11 Å². The summed E-state index contributed by atoms with van der Waals surface area (Å²) < 4.78 is 0. The third-order valence-corrected chi connectivity index (χ3v) is 3.02. The molecule has 1 aromatic heterocycles. The zero-order chi connectivity index (χ0) is 12.0. The van der Waals surface area contributed by atoms with Crippen LogP contribution in [0.2, 0.25) is 0 Å². The van der Waals surface area contributed by atoms with Crippen LogP contribution >= 0.6 is 11.8 Å². The molecule has 0 saturated carbocycles. The summed E-state index contributed by atoms with van der Waals surface area (Å²) in [5, 5.41) is 14.0. The van der Waals surface area contributed by atoms with Crippen molar-refractivity contribution in [2.24, 2.45) is 0 Å². The number of nitrogens with zero attached hydrogens (tertiary/aromatic N) is 1. The number of aromatic nitrogens is 1. The van der Waals surface area contributed by atoms with Crippen LogP contribution in [0.25, 0.3) is 0 Å². The Morgan fingerprint density at radius 1 is 1.44 bits per heavy atom. The first-order chi connectivity index (χ1) is 7.47. The van der Waals surface area contributed by atoms with E-state index in [1.807, 2.05) is 18.2 Å². The van der Waals surface area contributed by atoms with Crippen molar-refractivity contribution in [3.63, 3.8) is 0 Å². The number of hydrogen-bond acceptors (Lipinski definition) is 4. The van der Waals surface area contributed by atoms with Crippen LogP contribution in [-0.4, -0.2) is 34.0 Å². The molecule has 0 aliphatic rings. The van der Waals surface area contributed by atoms with Crippen LogP contribution < -0.4 is 5.32 Å². The van der Waals surface area contributed by atoms with Gasteiger partial charge in [-0.3, -0.25) is 0 Å². The Balaban J connectivity index is 2.23. The molecule has 16 heavy (non-hydrogen) atoms. The summed E-state index contributed by atoms with van der Waals surface area (Å²) >= 11 is 1.58. The number of aliphatic hydroxyl groups excluding tert-OH is 1. The Bertz CT molecular complexity index is 298. The van der Waals surface area contributed by atoms with Gasteiger partial charge in [-0.1, -0.05) is 6.07 Å². The number of aliphatic hydroxyl groups is 1. The highest BCUT2D eigenvalue weighted by molar-refractivity contribution is 7.99. The molecular weight excluding hydrogens is 220 g/mol. The first-order valence-corrected chi connectivity index (χ1v) is 6.43. The van der Waals surface area contributed by atoms with Crippen LogP contribution in [0.15, 0.2) is 29.4 Å². The third kappa shape index (κ3) is 6.10. The van der Waals surface area contributed by atoms with E-state index in [-0.39, 0.29) is 11.6 Å². The zero-order valence-electron chi connectivity index (χ0n) is 10.1. The maximum atomic E-state index is 9.76. The van der Waals surface area contributed by atoms with Crippen LogP contribution in [-0.2, 0) is 0 Å². The van der Waals surface area contributed by atoms with E-state index < -0.39 is 0 Å². The molecule has 2 N–H and O–H groups in total. The van der Waals surface area contributed by atoms with Crippen molar-refractivity contribution in [3.8, 4) is 0 Å². The van der Waals surface area contributed by atoms with Crippen LogP contribution in [0.3, 0.4) is 0 Å². The number of nitrogens with one attached hydrogen (secondary N) is 1. The molecule has 0 radical (unpaired) electrons. The summed E-state index contributed by atoms with van der Waals surface area (Å²) in [6.45, 7) is 6.88. The Kier molecular flexibility index (Phi) is 5.25. The van der Waals surface area contributed by atoms with Gasteiger partial charge >= 0.3 is 0 Å². The molecule has 4 heteroatoms. The van der Waals surface area contributed by atoms with Crippen LogP contribution in [0.5, 0.6) is 0 Å². The van der Waals surface area contributed by atoms with Gasteiger partial charge < -0.3 is 10.4 Å². The Labute approximate surface area is 102 Å². The van der Waals surface area contributed by atoms with Gasteiger partial charge in [-0.2, -0.15) is 0 Å². The normalized spacial score (nSPS) is 13.8. The van der Waals surface area contributed by atoms with Crippen molar-refractivity contribution >= 4 is 11.8 Å². The summed E-state index contributed by atoms with van der Waals surface area (Å²) in [6, 6.07) is 5.80. The summed E-state index contributed by atoms with van der Waals surface area (Å²) in [4.78, 5) is 4.19. The van der Waals surface area contributed by atoms with Crippen molar-refractivity contribution < 1.29 is 5.11 Å². The number of β-amino-alcohol motifs (C(OH)–C–C–N with tert-alkyl or cyclic N) is 1. The SMILES string of the molecule is CC(C)(C)NCC(O)CSc1ccccn1. The van der Waals surface area contributed by atoms with Crippen LogP contribution in [0.4, 0.5) is 0 Å². The summed E-state index contributed by atoms with van der Waals surface area (Å²) in [7, 11) is 0. The number of thioether (sulfide) groups is 1. The monoisotopic (exact) mass is 240 g/mol. The second kappa shape index (κ2) is 6.23. The first-order valence-electron chi connectivity index (χ1n) is 5.44. The smallest absolute Gasteiger partial charge is 0.0960 e. The van der Waals surface area contributed by atoms with Gasteiger partial charge in [0, 0.05) is 24.0 Å². The van der Waals surface area contributed by atoms with E-state index in [2.05, 4.69) is 31.1 Å². The minimum absolute atomic E-state index is 0.0522. The van der Waals surface area contributed by atoms with Gasteiger partial charge in [0.15, 0.2) is 0 Å². The van der Waals surface area contributed by atoms with Crippen LogP contribution in [0.1, 0.15) is 20.8 Å². The topological polar surface area (TPSA) is 45.1 Å². The van der Waals surface area contributed by atoms with Gasteiger partial charge in [-0.05, 0) is 32.9 Å². The highest BCUT2D eigenvalue weighted by Crippen LogP contribution is 2.15. The Morgan fingerprint density at radius 3 is 2.75 bits per heavy atom. The second-order valence-electron chi connectivity index (χ2n) is 4.76. The molecule has 0 spiro atoms. The van der Waals surface area contributed by atoms with E-state index in [1.165, 1.54) is 0 Å². The number of pyridine rings is 1. The molecule has 0 aliphatic carbocycles. The molecule has 1 aromatic rings. The summed E-state index contributed by atoms with van der Waals surface area (Å²) in [5.41, 5.74) is 0.0522. The molecule has 0 amide bonds. The zero-order valence-corrected chi connectivity index (χ0v) is 10.9. The van der Waals surface area contributed by atoms with E-state index in [1.54, 1.807) is 18.0 Å². The van der Waals surface area contributed by atoms with Crippen molar-refractivity contribution in [2.75, 3.05) is 12.3 Å². The lowest BCUT2D eigenvalue weighted by Crippen LogP contribution is -2.41. The standard InChI is InChI=1S/C12H20N2OS/c1-12(2,3)14-8-10(15)9-16-11-6-4-5-7-13-11/h4-7,10,14-15H,8-9H2,1-3H3. The lowest BCUT2D eigenvalue weighted by atomic mass is 10.1. The Hall–Kier alpha value is -0.580. The predicted octanol–water partition coefficient (Wildman–Crippen LogP) is 1.92. The van der Waals surface area contributed by atoms with Gasteiger partial charge in [-0.25, -0.2) is 4.98 Å². The largest absolute Gasteiger partial charge is 0.391 e. The Morgan fingerprint density at radius 2 is 2.19 bits per heavy atom. The molecule has 90 valence electrons. The molecule has 0 fully saturated rings. The van der Waals surface area contributed by atoms with E-state index in [0.717, 1.165) is 5.03 Å². The first kappa shape index (κ1) is 13.5. The molecule has 1 unspecified atom stereocenters. The molecule has 0 aliphatic heterocycles. The molecule has 1 atom stereocenters. The molecular formula is C12H20N2OS. The average Bonchev–Trinajstić information content (AvgIpc) is 2.24. The molecule has 1 heterocycles.